The Labute approximate surface area is 414 Å². The molecule has 2 aliphatic heterocycles. The third-order valence-corrected chi connectivity index (χ3v) is 14.5. The third kappa shape index (κ3) is 10.7. The van der Waals surface area contributed by atoms with Crippen LogP contribution in [0, 0.1) is 0 Å². The first-order chi connectivity index (χ1) is 34.4. The van der Waals surface area contributed by atoms with Gasteiger partial charge in [-0.25, -0.2) is 0 Å². The lowest BCUT2D eigenvalue weighted by Crippen LogP contribution is -2.09. The van der Waals surface area contributed by atoms with E-state index < -0.39 is 0 Å². The summed E-state index contributed by atoms with van der Waals surface area (Å²) in [5.74, 6) is 5.90. The predicted octanol–water partition coefficient (Wildman–Crippen LogP) is 10.8. The number of nitrogens with zero attached hydrogens (tertiary/aromatic N) is 8. The smallest absolute Gasteiger partial charge is 0.212 e. The monoisotopic (exact) mass is 970 g/mol. The van der Waals surface area contributed by atoms with E-state index in [4.69, 9.17) is 38.6 Å². The number of ether oxygens (including phenoxy) is 6. The van der Waals surface area contributed by atoms with Gasteiger partial charge in [-0.1, -0.05) is 72.1 Å². The summed E-state index contributed by atoms with van der Waals surface area (Å²) in [6, 6.07) is 48.7. The molecule has 0 fully saturated rings. The maximum Gasteiger partial charge on any atom is 0.212 e. The Morgan fingerprint density at radius 3 is 1.09 bits per heavy atom. The van der Waals surface area contributed by atoms with Gasteiger partial charge in [0.25, 0.3) is 0 Å². The zero-order chi connectivity index (χ0) is 47.8. The molecule has 2 aromatic heterocycles. The molecule has 0 saturated carbocycles. The minimum Gasteiger partial charge on any atom is -0.497 e. The molecule has 70 heavy (non-hydrogen) atoms. The average Bonchev–Trinajstić information content (AvgIpc) is 3.84. The van der Waals surface area contributed by atoms with Crippen molar-refractivity contribution in [1.82, 2.24) is 29.7 Å². The largest absolute Gasteiger partial charge is 0.497 e. The first kappa shape index (κ1) is 46.2. The molecule has 0 radical (unpaired) electrons. The normalized spacial score (nSPS) is 15.3. The molecule has 354 valence electrons. The summed E-state index contributed by atoms with van der Waals surface area (Å²) in [6.07, 6.45) is 3.11. The number of benzene rings is 6. The van der Waals surface area contributed by atoms with Gasteiger partial charge in [0, 0.05) is 23.3 Å². The Bertz CT molecular complexity index is 2880. The maximum atomic E-state index is 6.27. The van der Waals surface area contributed by atoms with Gasteiger partial charge in [0.15, 0.2) is 11.6 Å². The van der Waals surface area contributed by atoms with Gasteiger partial charge in [0.2, 0.25) is 10.3 Å². The second-order valence-corrected chi connectivity index (χ2v) is 18.8. The topological polar surface area (TPSA) is 142 Å². The van der Waals surface area contributed by atoms with E-state index in [1.165, 1.54) is 11.1 Å². The van der Waals surface area contributed by atoms with E-state index in [2.05, 4.69) is 68.9 Å². The second-order valence-electron chi connectivity index (χ2n) is 16.5. The third-order valence-electron chi connectivity index (χ3n) is 12.2. The number of rotatable bonds is 17. The zero-order valence-corrected chi connectivity index (χ0v) is 40.7. The van der Waals surface area contributed by atoms with E-state index in [9.17, 15) is 0 Å². The number of thioether (sulfide) groups is 2. The van der Waals surface area contributed by atoms with Gasteiger partial charge >= 0.3 is 0 Å². The summed E-state index contributed by atoms with van der Waals surface area (Å²) in [7, 11) is 6.68. The molecular weight excluding hydrogens is 921 g/mol. The lowest BCUT2D eigenvalue weighted by Gasteiger charge is -2.15. The van der Waals surface area contributed by atoms with Crippen molar-refractivity contribution in [2.24, 2.45) is 10.2 Å². The Morgan fingerprint density at radius 1 is 0.414 bits per heavy atom. The minimum absolute atomic E-state index is 0.0583. The van der Waals surface area contributed by atoms with Crippen molar-refractivity contribution < 1.29 is 28.4 Å². The van der Waals surface area contributed by atoms with Crippen molar-refractivity contribution in [1.29, 1.82) is 0 Å². The van der Waals surface area contributed by atoms with Crippen molar-refractivity contribution in [2.75, 3.05) is 28.4 Å². The Kier molecular flexibility index (Phi) is 14.1. The average molecular weight is 971 g/mol. The van der Waals surface area contributed by atoms with Crippen LogP contribution in [-0.2, 0) is 26.1 Å². The molecule has 0 spiro atoms. The first-order valence-electron chi connectivity index (χ1n) is 22.8. The lowest BCUT2D eigenvalue weighted by atomic mass is 10.0. The summed E-state index contributed by atoms with van der Waals surface area (Å²) >= 11 is 3.27. The molecule has 4 heterocycles. The molecule has 6 aromatic carbocycles. The number of aryl methyl sites for hydroxylation is 2. The van der Waals surface area contributed by atoms with Crippen LogP contribution in [0.15, 0.2) is 166 Å². The van der Waals surface area contributed by atoms with Gasteiger partial charge < -0.3 is 28.4 Å². The molecule has 0 bridgehead atoms. The molecule has 2 atom stereocenters. The minimum atomic E-state index is 0.0583. The van der Waals surface area contributed by atoms with Gasteiger partial charge in [0.1, 0.15) is 47.7 Å². The van der Waals surface area contributed by atoms with Crippen LogP contribution in [0.1, 0.15) is 68.4 Å². The molecular formula is C54H50N8O6S2. The second kappa shape index (κ2) is 21.4. The fourth-order valence-corrected chi connectivity index (χ4v) is 10.4. The lowest BCUT2D eigenvalue weighted by molar-refractivity contribution is 0.289. The Hall–Kier alpha value is -7.56. The van der Waals surface area contributed by atoms with Gasteiger partial charge in [-0.2, -0.15) is 19.6 Å². The molecule has 2 unspecified atom stereocenters. The summed E-state index contributed by atoms with van der Waals surface area (Å²) in [4.78, 5) is 0. The zero-order valence-electron chi connectivity index (χ0n) is 39.1. The van der Waals surface area contributed by atoms with Crippen LogP contribution in [-0.4, -0.2) is 69.6 Å². The van der Waals surface area contributed by atoms with Crippen LogP contribution in [0.5, 0.6) is 34.5 Å². The molecule has 0 saturated heterocycles. The quantitative estimate of drug-likeness (QED) is 0.0857. The Balaban J connectivity index is 0.760. The van der Waals surface area contributed by atoms with Crippen LogP contribution in [0.3, 0.4) is 0 Å². The molecule has 8 aromatic rings. The summed E-state index contributed by atoms with van der Waals surface area (Å²) in [5.41, 5.74) is 8.53. The fourth-order valence-electron chi connectivity index (χ4n) is 8.15. The van der Waals surface area contributed by atoms with Gasteiger partial charge in [-0.15, -0.1) is 20.4 Å². The molecule has 0 aliphatic carbocycles. The van der Waals surface area contributed by atoms with Crippen LogP contribution < -0.4 is 28.4 Å². The number of hydrogen-bond acceptors (Lipinski definition) is 14. The van der Waals surface area contributed by atoms with Crippen molar-refractivity contribution in [3.05, 3.63) is 191 Å². The van der Waals surface area contributed by atoms with Gasteiger partial charge in [-0.3, -0.25) is 0 Å². The van der Waals surface area contributed by atoms with Crippen LogP contribution in [0.25, 0.3) is 0 Å². The first-order valence-corrected chi connectivity index (χ1v) is 24.6. The van der Waals surface area contributed by atoms with E-state index in [1.54, 1.807) is 52.0 Å². The molecule has 2 aliphatic rings. The maximum absolute atomic E-state index is 6.27. The van der Waals surface area contributed by atoms with Crippen molar-refractivity contribution in [3.63, 3.8) is 0 Å². The molecule has 10 rings (SSSR count). The molecule has 16 heteroatoms. The van der Waals surface area contributed by atoms with E-state index in [0.717, 1.165) is 81.0 Å². The van der Waals surface area contributed by atoms with Crippen molar-refractivity contribution >= 4 is 34.9 Å². The highest BCUT2D eigenvalue weighted by atomic mass is 32.2. The highest BCUT2D eigenvalue weighted by Gasteiger charge is 2.28. The van der Waals surface area contributed by atoms with E-state index in [0.29, 0.717) is 34.8 Å². The summed E-state index contributed by atoms with van der Waals surface area (Å²) < 4.78 is 37.9. The molecule has 0 amide bonds. The number of methoxy groups -OCH3 is 4. The van der Waals surface area contributed by atoms with Crippen LogP contribution >= 0.6 is 23.5 Å². The summed E-state index contributed by atoms with van der Waals surface area (Å²) in [6.45, 7) is 0.408. The number of hydrogen-bond donors (Lipinski definition) is 0. The van der Waals surface area contributed by atoms with E-state index in [1.807, 2.05) is 106 Å². The molecule has 14 nitrogen and oxygen atoms in total. The predicted molar refractivity (Wildman–Crippen MR) is 271 cm³/mol. The van der Waals surface area contributed by atoms with Gasteiger partial charge in [0.05, 0.1) is 39.9 Å². The highest BCUT2D eigenvalue weighted by Crippen LogP contribution is 2.43. The van der Waals surface area contributed by atoms with E-state index in [-0.39, 0.29) is 23.7 Å². The van der Waals surface area contributed by atoms with Gasteiger partial charge in [-0.05, 0) is 143 Å². The number of aromatic nitrogens is 6. The van der Waals surface area contributed by atoms with Crippen molar-refractivity contribution in [3.8, 4) is 34.5 Å². The van der Waals surface area contributed by atoms with Crippen LogP contribution in [0.4, 0.5) is 0 Å². The summed E-state index contributed by atoms with van der Waals surface area (Å²) in [5, 5.41) is 29.9. The Morgan fingerprint density at radius 2 is 0.743 bits per heavy atom. The number of fused-ring (bicyclic) bond motifs is 2. The van der Waals surface area contributed by atoms with Crippen molar-refractivity contribution in [2.45, 2.75) is 59.7 Å². The molecule has 0 N–H and O–H groups in total. The fraction of sp³-hybridized carbons (Fsp3) is 0.222. The highest BCUT2D eigenvalue weighted by molar-refractivity contribution is 7.99. The van der Waals surface area contributed by atoms with E-state index >= 15 is 0 Å². The SMILES string of the molecule is COc1ccc(C2=Nn3c(COc4ccc(CCc5ccc(OCc6nnc7n6N=C(c6ccc(OC)cc6)CC(c6ccc(OC)cc6)S7)cc5)cc4)nnc3SC(c3ccc(OC)cc3)C2)cc1. The standard InChI is InChI=1S/C54H50N8O6S2/c1-63-41-23-11-37(12-24-41)47-31-49(39-15-27-43(65-3)28-16-39)69-53-57-55-51(61(53)59-47)33-67-45-19-7-35(8-20-45)5-6-36-9-21-46(22-10-36)68-34-52-56-58-54-62(52)60-48(38-13-25-42(64-2)26-14-38)32-50(70-54)40-17-29-44(66-4)30-18-40/h7-30,49-50H,5-6,31-34H2,1-4H3. The van der Waals surface area contributed by atoms with Crippen LogP contribution in [0.2, 0.25) is 0 Å².